The van der Waals surface area contributed by atoms with Crippen molar-refractivity contribution in [2.45, 2.75) is 50.4 Å². The van der Waals surface area contributed by atoms with Crippen LogP contribution in [0.15, 0.2) is 48.5 Å². The number of amides is 1. The summed E-state index contributed by atoms with van der Waals surface area (Å²) in [5.74, 6) is 1.64. The zero-order valence-electron chi connectivity index (χ0n) is 24.9. The van der Waals surface area contributed by atoms with Crippen molar-refractivity contribution in [1.82, 2.24) is 10.2 Å². The van der Waals surface area contributed by atoms with Crippen LogP contribution in [0.1, 0.15) is 60.9 Å². The highest BCUT2D eigenvalue weighted by molar-refractivity contribution is 5.95. The number of rotatable bonds is 12. The highest BCUT2D eigenvalue weighted by Gasteiger charge is 2.57. The monoisotopic (exact) mass is 575 g/mol. The molecule has 4 bridgehead atoms. The second-order valence-corrected chi connectivity index (χ2v) is 13.2. The molecular formula is C34H45N3O5. The third-order valence-electron chi connectivity index (χ3n) is 10.0. The van der Waals surface area contributed by atoms with Crippen molar-refractivity contribution in [2.75, 3.05) is 65.0 Å². The van der Waals surface area contributed by atoms with Gasteiger partial charge in [0.25, 0.3) is 5.91 Å². The molecule has 1 aliphatic heterocycles. The lowest BCUT2D eigenvalue weighted by atomic mass is 9.43. The van der Waals surface area contributed by atoms with E-state index in [1.165, 1.54) is 57.6 Å². The topological polar surface area (TPSA) is 89.1 Å². The lowest BCUT2D eigenvalue weighted by Crippen LogP contribution is -2.57. The Hall–Kier alpha value is -2.94. The molecule has 42 heavy (non-hydrogen) atoms. The first kappa shape index (κ1) is 29.1. The molecule has 0 aromatic heterocycles. The Morgan fingerprint density at radius 2 is 1.79 bits per heavy atom. The predicted molar refractivity (Wildman–Crippen MR) is 162 cm³/mol. The molecule has 8 heteroatoms. The Kier molecular flexibility index (Phi) is 8.84. The van der Waals surface area contributed by atoms with Gasteiger partial charge in [0, 0.05) is 25.3 Å². The minimum Gasteiger partial charge on any atom is -0.484 e. The number of morpholine rings is 1. The molecule has 2 N–H and O–H groups in total. The van der Waals surface area contributed by atoms with Gasteiger partial charge in [0.1, 0.15) is 5.75 Å². The third kappa shape index (κ3) is 6.66. The first-order valence-electron chi connectivity index (χ1n) is 15.7. The van der Waals surface area contributed by atoms with E-state index in [2.05, 4.69) is 27.7 Å². The molecule has 2 unspecified atom stereocenters. The van der Waals surface area contributed by atoms with E-state index in [0.717, 1.165) is 57.8 Å². The summed E-state index contributed by atoms with van der Waals surface area (Å²) >= 11 is 0. The van der Waals surface area contributed by atoms with Crippen LogP contribution in [0.2, 0.25) is 0 Å². The fourth-order valence-corrected chi connectivity index (χ4v) is 8.70. The second-order valence-electron chi connectivity index (χ2n) is 13.2. The SMILES string of the molecule is COC(=O)c1cccc(NC(=O)COc2ccc(C34CC5CC(CC(CNCCCN6CCOCC6)(C5)C3)C4)cc2)c1. The zero-order chi connectivity index (χ0) is 29.0. The molecule has 2 aromatic carbocycles. The van der Waals surface area contributed by atoms with Crippen LogP contribution in [0.4, 0.5) is 5.69 Å². The van der Waals surface area contributed by atoms with Gasteiger partial charge in [-0.05, 0) is 117 Å². The Morgan fingerprint density at radius 3 is 2.52 bits per heavy atom. The molecule has 2 aromatic rings. The van der Waals surface area contributed by atoms with Crippen molar-refractivity contribution in [3.05, 3.63) is 59.7 Å². The minimum atomic E-state index is -0.442. The van der Waals surface area contributed by atoms with Gasteiger partial charge in [0.05, 0.1) is 25.9 Å². The van der Waals surface area contributed by atoms with Crippen LogP contribution in [0.5, 0.6) is 5.75 Å². The number of methoxy groups -OCH3 is 1. The van der Waals surface area contributed by atoms with Crippen molar-refractivity contribution >= 4 is 17.6 Å². The number of anilines is 1. The van der Waals surface area contributed by atoms with Gasteiger partial charge in [0.2, 0.25) is 0 Å². The molecule has 226 valence electrons. The molecule has 4 saturated carbocycles. The van der Waals surface area contributed by atoms with Crippen LogP contribution in [-0.2, 0) is 19.7 Å². The summed E-state index contributed by atoms with van der Waals surface area (Å²) in [5.41, 5.74) is 3.04. The summed E-state index contributed by atoms with van der Waals surface area (Å²) in [7, 11) is 1.33. The summed E-state index contributed by atoms with van der Waals surface area (Å²) in [4.78, 5) is 26.8. The number of nitrogens with zero attached hydrogens (tertiary/aromatic N) is 1. The number of carbonyl (C=O) groups is 2. The van der Waals surface area contributed by atoms with Gasteiger partial charge >= 0.3 is 5.97 Å². The normalized spacial score (nSPS) is 28.4. The summed E-state index contributed by atoms with van der Waals surface area (Å²) in [6, 6.07) is 15.2. The summed E-state index contributed by atoms with van der Waals surface area (Å²) < 4.78 is 16.1. The van der Waals surface area contributed by atoms with Crippen LogP contribution >= 0.6 is 0 Å². The number of benzene rings is 2. The van der Waals surface area contributed by atoms with Crippen LogP contribution in [-0.4, -0.2) is 76.4 Å². The predicted octanol–water partition coefficient (Wildman–Crippen LogP) is 4.64. The van der Waals surface area contributed by atoms with Crippen molar-refractivity contribution in [3.8, 4) is 5.75 Å². The summed E-state index contributed by atoms with van der Waals surface area (Å²) in [5, 5.41) is 6.67. The van der Waals surface area contributed by atoms with Crippen molar-refractivity contribution in [1.29, 1.82) is 0 Å². The molecule has 8 nitrogen and oxygen atoms in total. The number of esters is 1. The Morgan fingerprint density at radius 1 is 1.02 bits per heavy atom. The maximum atomic E-state index is 12.5. The van der Waals surface area contributed by atoms with Gasteiger partial charge < -0.3 is 24.8 Å². The molecule has 5 fully saturated rings. The Labute approximate surface area is 249 Å². The van der Waals surface area contributed by atoms with Gasteiger partial charge in [-0.25, -0.2) is 4.79 Å². The fraction of sp³-hybridized carbons (Fsp3) is 0.588. The largest absolute Gasteiger partial charge is 0.484 e. The van der Waals surface area contributed by atoms with E-state index in [1.54, 1.807) is 24.3 Å². The van der Waals surface area contributed by atoms with Gasteiger partial charge in [-0.3, -0.25) is 9.69 Å². The van der Waals surface area contributed by atoms with Gasteiger partial charge in [-0.1, -0.05) is 18.2 Å². The van der Waals surface area contributed by atoms with Crippen molar-refractivity contribution < 1.29 is 23.8 Å². The fourth-order valence-electron chi connectivity index (χ4n) is 8.70. The van der Waals surface area contributed by atoms with Gasteiger partial charge in [-0.15, -0.1) is 0 Å². The average molecular weight is 576 g/mol. The maximum Gasteiger partial charge on any atom is 0.337 e. The molecule has 0 radical (unpaired) electrons. The number of ether oxygens (including phenoxy) is 3. The lowest BCUT2D eigenvalue weighted by molar-refractivity contribution is -0.118. The third-order valence-corrected chi connectivity index (χ3v) is 10.0. The van der Waals surface area contributed by atoms with Gasteiger partial charge in [0.15, 0.2) is 6.61 Å². The standard InChI is InChI=1S/C34H45N3O5/c1-40-32(39)27-4-2-5-29(17-27)36-31(38)22-42-30-8-6-28(7-9-30)34-20-25-16-26(21-34)19-33(18-25,23-34)24-35-10-3-11-37-12-14-41-15-13-37/h2,4-9,17,25-26,35H,3,10-16,18-24H2,1H3,(H,36,38). The van der Waals surface area contributed by atoms with Crippen LogP contribution in [0.3, 0.4) is 0 Å². The summed E-state index contributed by atoms with van der Waals surface area (Å²) in [6.45, 7) is 7.19. The lowest BCUT2D eigenvalue weighted by Gasteiger charge is -2.62. The zero-order valence-corrected chi connectivity index (χ0v) is 24.9. The van der Waals surface area contributed by atoms with E-state index in [0.29, 0.717) is 22.4 Å². The number of hydrogen-bond donors (Lipinski definition) is 2. The van der Waals surface area contributed by atoms with E-state index >= 15 is 0 Å². The molecule has 1 amide bonds. The first-order chi connectivity index (χ1) is 20.4. The molecule has 0 spiro atoms. The molecule has 1 saturated heterocycles. The van der Waals surface area contributed by atoms with Gasteiger partial charge in [-0.2, -0.15) is 0 Å². The molecule has 7 rings (SSSR count). The smallest absolute Gasteiger partial charge is 0.337 e. The van der Waals surface area contributed by atoms with E-state index in [4.69, 9.17) is 14.2 Å². The second kappa shape index (κ2) is 12.7. The molecule has 4 aliphatic carbocycles. The highest BCUT2D eigenvalue weighted by Crippen LogP contribution is 2.65. The van der Waals surface area contributed by atoms with E-state index in [-0.39, 0.29) is 17.9 Å². The molecule has 1 heterocycles. The highest BCUT2D eigenvalue weighted by atomic mass is 16.5. The quantitative estimate of drug-likeness (QED) is 0.282. The van der Waals surface area contributed by atoms with Crippen molar-refractivity contribution in [3.63, 3.8) is 0 Å². The van der Waals surface area contributed by atoms with Crippen LogP contribution in [0.25, 0.3) is 0 Å². The van der Waals surface area contributed by atoms with E-state index < -0.39 is 5.97 Å². The number of carbonyl (C=O) groups excluding carboxylic acids is 2. The molecule has 2 atom stereocenters. The number of hydrogen-bond acceptors (Lipinski definition) is 7. The van der Waals surface area contributed by atoms with Crippen LogP contribution in [0, 0.1) is 17.3 Å². The van der Waals surface area contributed by atoms with E-state index in [9.17, 15) is 9.59 Å². The van der Waals surface area contributed by atoms with Crippen LogP contribution < -0.4 is 15.4 Å². The van der Waals surface area contributed by atoms with Crippen molar-refractivity contribution in [2.24, 2.45) is 17.3 Å². The maximum absolute atomic E-state index is 12.5. The van der Waals surface area contributed by atoms with E-state index in [1.807, 2.05) is 12.1 Å². The first-order valence-corrected chi connectivity index (χ1v) is 15.7. The molecular weight excluding hydrogens is 530 g/mol. The Balaban J connectivity index is 1.01. The minimum absolute atomic E-state index is 0.0998. The Bertz CT molecular complexity index is 1230. The average Bonchev–Trinajstić information content (AvgIpc) is 2.99. The summed E-state index contributed by atoms with van der Waals surface area (Å²) in [6.07, 6.45) is 9.23. The number of nitrogens with one attached hydrogen (secondary N) is 2. The molecule has 5 aliphatic rings.